The topological polar surface area (TPSA) is 29.3 Å². The quantitative estimate of drug-likeness (QED) is 0.697. The van der Waals surface area contributed by atoms with Gasteiger partial charge in [-0.15, -0.1) is 0 Å². The zero-order valence-corrected chi connectivity index (χ0v) is 10.3. The first-order chi connectivity index (χ1) is 7.09. The summed E-state index contributed by atoms with van der Waals surface area (Å²) in [5.41, 5.74) is 6.12. The maximum Gasteiger partial charge on any atom is 0.00450 e. The number of nitrogens with zero attached hydrogens (tertiary/aromatic N) is 1. The Hall–Kier alpha value is -0.0800. The molecule has 2 aliphatic rings. The second-order valence-corrected chi connectivity index (χ2v) is 6.45. The van der Waals surface area contributed by atoms with Crippen molar-refractivity contribution >= 4 is 0 Å². The molecule has 2 heteroatoms. The largest absolute Gasteiger partial charge is 0.330 e. The molecule has 2 nitrogen and oxygen atoms in total. The van der Waals surface area contributed by atoms with Crippen LogP contribution in [0.1, 0.15) is 39.5 Å². The Morgan fingerprint density at radius 3 is 1.87 bits per heavy atom. The number of nitrogens with two attached hydrogens (primary N) is 1. The molecule has 0 saturated heterocycles. The van der Waals surface area contributed by atoms with E-state index in [1.54, 1.807) is 0 Å². The van der Waals surface area contributed by atoms with Crippen molar-refractivity contribution in [2.45, 2.75) is 39.5 Å². The minimum atomic E-state index is 0.295. The van der Waals surface area contributed by atoms with E-state index < -0.39 is 0 Å². The summed E-state index contributed by atoms with van der Waals surface area (Å²) in [5.74, 6) is 2.02. The molecular formula is C13H26N2. The van der Waals surface area contributed by atoms with E-state index in [4.69, 9.17) is 5.73 Å². The summed E-state index contributed by atoms with van der Waals surface area (Å²) in [4.78, 5) is 2.68. The van der Waals surface area contributed by atoms with Crippen molar-refractivity contribution in [2.75, 3.05) is 26.2 Å². The molecule has 0 aromatic carbocycles. The molecule has 0 bridgehead atoms. The van der Waals surface area contributed by atoms with Gasteiger partial charge in [0, 0.05) is 19.6 Å². The maximum atomic E-state index is 5.82. The van der Waals surface area contributed by atoms with E-state index in [-0.39, 0.29) is 0 Å². The van der Waals surface area contributed by atoms with Gasteiger partial charge in [-0.3, -0.25) is 0 Å². The molecule has 88 valence electrons. The molecule has 0 aliphatic heterocycles. The second kappa shape index (κ2) is 4.42. The van der Waals surface area contributed by atoms with Crippen molar-refractivity contribution in [2.24, 2.45) is 23.0 Å². The highest BCUT2D eigenvalue weighted by Crippen LogP contribution is 2.34. The van der Waals surface area contributed by atoms with Crippen molar-refractivity contribution < 1.29 is 0 Å². The van der Waals surface area contributed by atoms with Crippen molar-refractivity contribution in [1.29, 1.82) is 0 Å². The van der Waals surface area contributed by atoms with Gasteiger partial charge in [-0.25, -0.2) is 0 Å². The Morgan fingerprint density at radius 2 is 1.53 bits per heavy atom. The van der Waals surface area contributed by atoms with Crippen molar-refractivity contribution in [3.8, 4) is 0 Å². The first-order valence-electron chi connectivity index (χ1n) is 6.51. The number of hydrogen-bond acceptors (Lipinski definition) is 2. The van der Waals surface area contributed by atoms with Crippen molar-refractivity contribution in [1.82, 2.24) is 4.90 Å². The van der Waals surface area contributed by atoms with Gasteiger partial charge in [0.25, 0.3) is 0 Å². The van der Waals surface area contributed by atoms with Gasteiger partial charge in [0.15, 0.2) is 0 Å². The Labute approximate surface area is 94.2 Å². The molecule has 2 fully saturated rings. The molecular weight excluding hydrogens is 184 g/mol. The molecule has 2 aliphatic carbocycles. The van der Waals surface area contributed by atoms with E-state index in [1.807, 2.05) is 0 Å². The summed E-state index contributed by atoms with van der Waals surface area (Å²) in [6, 6.07) is 0. The van der Waals surface area contributed by atoms with Crippen LogP contribution in [0.25, 0.3) is 0 Å². The molecule has 0 unspecified atom stereocenters. The average molecular weight is 210 g/mol. The van der Waals surface area contributed by atoms with Crippen LogP contribution in [-0.2, 0) is 0 Å². The summed E-state index contributed by atoms with van der Waals surface area (Å²) >= 11 is 0. The fourth-order valence-corrected chi connectivity index (χ4v) is 2.20. The lowest BCUT2D eigenvalue weighted by Gasteiger charge is -2.32. The third-order valence-electron chi connectivity index (χ3n) is 3.63. The molecule has 0 amide bonds. The van der Waals surface area contributed by atoms with Crippen LogP contribution in [0.2, 0.25) is 0 Å². The molecule has 0 radical (unpaired) electrons. The Bertz CT molecular complexity index is 191. The zero-order chi connectivity index (χ0) is 10.9. The SMILES string of the molecule is CC(C)(CN)CN(CC1CC1)CC1CC1. The Kier molecular flexibility index (Phi) is 3.36. The average Bonchev–Trinajstić information content (AvgIpc) is 2.99. The summed E-state index contributed by atoms with van der Waals surface area (Å²) < 4.78 is 0. The van der Waals surface area contributed by atoms with Crippen LogP contribution in [0, 0.1) is 17.3 Å². The van der Waals surface area contributed by atoms with Gasteiger partial charge in [-0.1, -0.05) is 13.8 Å². The number of rotatable bonds is 7. The lowest BCUT2D eigenvalue weighted by Crippen LogP contribution is -2.40. The molecule has 2 saturated carbocycles. The lowest BCUT2D eigenvalue weighted by molar-refractivity contribution is 0.170. The van der Waals surface area contributed by atoms with Gasteiger partial charge in [0.1, 0.15) is 0 Å². The second-order valence-electron chi connectivity index (χ2n) is 6.45. The highest BCUT2D eigenvalue weighted by Gasteiger charge is 2.31. The summed E-state index contributed by atoms with van der Waals surface area (Å²) in [7, 11) is 0. The van der Waals surface area contributed by atoms with Crippen LogP contribution < -0.4 is 5.73 Å². The monoisotopic (exact) mass is 210 g/mol. The molecule has 0 heterocycles. The Balaban J connectivity index is 1.79. The van der Waals surface area contributed by atoms with Crippen LogP contribution in [0.5, 0.6) is 0 Å². The molecule has 0 atom stereocenters. The molecule has 15 heavy (non-hydrogen) atoms. The predicted molar refractivity (Wildman–Crippen MR) is 64.7 cm³/mol. The summed E-state index contributed by atoms with van der Waals surface area (Å²) in [6.07, 6.45) is 5.85. The van der Waals surface area contributed by atoms with Gasteiger partial charge < -0.3 is 10.6 Å². The lowest BCUT2D eigenvalue weighted by atomic mass is 9.93. The van der Waals surface area contributed by atoms with E-state index in [0.717, 1.165) is 18.4 Å². The number of hydrogen-bond donors (Lipinski definition) is 1. The van der Waals surface area contributed by atoms with E-state index in [0.29, 0.717) is 5.41 Å². The minimum absolute atomic E-state index is 0.295. The normalized spacial score (nSPS) is 22.4. The Morgan fingerprint density at radius 1 is 1.07 bits per heavy atom. The van der Waals surface area contributed by atoms with E-state index in [1.165, 1.54) is 45.3 Å². The van der Waals surface area contributed by atoms with Gasteiger partial charge >= 0.3 is 0 Å². The van der Waals surface area contributed by atoms with Gasteiger partial charge in [-0.2, -0.15) is 0 Å². The minimum Gasteiger partial charge on any atom is -0.330 e. The molecule has 0 aromatic rings. The highest BCUT2D eigenvalue weighted by atomic mass is 15.1. The third kappa shape index (κ3) is 4.12. The van der Waals surface area contributed by atoms with Crippen LogP contribution in [0.15, 0.2) is 0 Å². The van der Waals surface area contributed by atoms with Crippen LogP contribution >= 0.6 is 0 Å². The van der Waals surface area contributed by atoms with Crippen LogP contribution in [0.3, 0.4) is 0 Å². The molecule has 2 N–H and O–H groups in total. The highest BCUT2D eigenvalue weighted by molar-refractivity contribution is 4.85. The van der Waals surface area contributed by atoms with Crippen molar-refractivity contribution in [3.05, 3.63) is 0 Å². The van der Waals surface area contributed by atoms with Gasteiger partial charge in [0.05, 0.1) is 0 Å². The van der Waals surface area contributed by atoms with Crippen LogP contribution in [-0.4, -0.2) is 31.1 Å². The van der Waals surface area contributed by atoms with Crippen molar-refractivity contribution in [3.63, 3.8) is 0 Å². The molecule has 0 spiro atoms. The van der Waals surface area contributed by atoms with E-state index in [9.17, 15) is 0 Å². The fraction of sp³-hybridized carbons (Fsp3) is 1.00. The standard InChI is InChI=1S/C13H26N2/c1-13(2,9-14)10-15(7-11-3-4-11)8-12-5-6-12/h11-12H,3-10,14H2,1-2H3. The van der Waals surface area contributed by atoms with E-state index >= 15 is 0 Å². The van der Waals surface area contributed by atoms with Gasteiger partial charge in [0.2, 0.25) is 0 Å². The maximum absolute atomic E-state index is 5.82. The molecule has 0 aromatic heterocycles. The fourth-order valence-electron chi connectivity index (χ4n) is 2.20. The van der Waals surface area contributed by atoms with Gasteiger partial charge in [-0.05, 0) is 49.5 Å². The molecule has 2 rings (SSSR count). The first kappa shape index (κ1) is 11.4. The van der Waals surface area contributed by atoms with Crippen LogP contribution in [0.4, 0.5) is 0 Å². The van der Waals surface area contributed by atoms with E-state index in [2.05, 4.69) is 18.7 Å². The summed E-state index contributed by atoms with van der Waals surface area (Å²) in [6.45, 7) is 9.24. The summed E-state index contributed by atoms with van der Waals surface area (Å²) in [5, 5.41) is 0. The first-order valence-corrected chi connectivity index (χ1v) is 6.51. The smallest absolute Gasteiger partial charge is 0.00450 e. The predicted octanol–water partition coefficient (Wildman–Crippen LogP) is 2.09. The zero-order valence-electron chi connectivity index (χ0n) is 10.3. The third-order valence-corrected chi connectivity index (χ3v) is 3.63.